The van der Waals surface area contributed by atoms with Crippen LogP contribution < -0.4 is 10.9 Å². The standard InChI is InChI=1S/C15H11BrN2O3/c1-8-6-9-2-3-10(7-11(9)18-14(8)19)17-15(20)12-4-5-13(16)21-12/h2-7H,1H3,(H,17,20)(H,18,19). The van der Waals surface area contributed by atoms with Crippen LogP contribution >= 0.6 is 15.9 Å². The quantitative estimate of drug-likeness (QED) is 0.746. The summed E-state index contributed by atoms with van der Waals surface area (Å²) in [5, 5.41) is 3.63. The predicted molar refractivity (Wildman–Crippen MR) is 83.7 cm³/mol. The predicted octanol–water partition coefficient (Wildman–Crippen LogP) is 3.44. The van der Waals surface area contributed by atoms with Gasteiger partial charge in [0.1, 0.15) is 0 Å². The smallest absolute Gasteiger partial charge is 0.291 e. The van der Waals surface area contributed by atoms with E-state index in [1.165, 1.54) is 0 Å². The number of hydrogen-bond acceptors (Lipinski definition) is 3. The Labute approximate surface area is 128 Å². The number of hydrogen-bond donors (Lipinski definition) is 2. The molecule has 0 fully saturated rings. The van der Waals surface area contributed by atoms with Crippen molar-refractivity contribution >= 4 is 38.4 Å². The summed E-state index contributed by atoms with van der Waals surface area (Å²) < 4.78 is 5.68. The van der Waals surface area contributed by atoms with Gasteiger partial charge in [-0.25, -0.2) is 0 Å². The fourth-order valence-electron chi connectivity index (χ4n) is 2.02. The summed E-state index contributed by atoms with van der Waals surface area (Å²) in [6, 6.07) is 10.4. The molecule has 2 N–H and O–H groups in total. The molecule has 0 radical (unpaired) electrons. The molecule has 1 aromatic carbocycles. The van der Waals surface area contributed by atoms with Crippen molar-refractivity contribution in [3.63, 3.8) is 0 Å². The Balaban J connectivity index is 1.92. The molecule has 0 saturated heterocycles. The summed E-state index contributed by atoms with van der Waals surface area (Å²) in [7, 11) is 0. The van der Waals surface area contributed by atoms with Crippen molar-refractivity contribution in [3.05, 3.63) is 62.7 Å². The molecule has 3 rings (SSSR count). The highest BCUT2D eigenvalue weighted by Gasteiger charge is 2.11. The third-order valence-corrected chi connectivity index (χ3v) is 3.51. The van der Waals surface area contributed by atoms with E-state index in [-0.39, 0.29) is 17.2 Å². The first-order valence-electron chi connectivity index (χ1n) is 6.23. The fraction of sp³-hybridized carbons (Fsp3) is 0.0667. The van der Waals surface area contributed by atoms with E-state index in [0.717, 1.165) is 5.39 Å². The molecule has 106 valence electrons. The minimum Gasteiger partial charge on any atom is -0.444 e. The van der Waals surface area contributed by atoms with Gasteiger partial charge in [0.05, 0.1) is 5.52 Å². The number of furan rings is 1. The zero-order valence-corrected chi connectivity index (χ0v) is 12.7. The van der Waals surface area contributed by atoms with Crippen molar-refractivity contribution in [2.24, 2.45) is 0 Å². The average Bonchev–Trinajstić information content (AvgIpc) is 2.87. The summed E-state index contributed by atoms with van der Waals surface area (Å²) in [4.78, 5) is 26.4. The molecule has 0 atom stereocenters. The van der Waals surface area contributed by atoms with E-state index in [4.69, 9.17) is 4.42 Å². The Morgan fingerprint density at radius 3 is 2.76 bits per heavy atom. The van der Waals surface area contributed by atoms with Gasteiger partial charge in [-0.3, -0.25) is 9.59 Å². The fourth-order valence-corrected chi connectivity index (χ4v) is 2.32. The van der Waals surface area contributed by atoms with Gasteiger partial charge in [-0.1, -0.05) is 6.07 Å². The number of aromatic nitrogens is 1. The molecule has 0 bridgehead atoms. The molecule has 1 amide bonds. The second-order valence-electron chi connectivity index (χ2n) is 4.64. The molecule has 6 heteroatoms. The molecular weight excluding hydrogens is 336 g/mol. The van der Waals surface area contributed by atoms with Crippen LogP contribution in [0.1, 0.15) is 16.1 Å². The topological polar surface area (TPSA) is 75.1 Å². The van der Waals surface area contributed by atoms with Crippen LogP contribution in [0.2, 0.25) is 0 Å². The van der Waals surface area contributed by atoms with Gasteiger partial charge >= 0.3 is 0 Å². The van der Waals surface area contributed by atoms with Crippen LogP contribution in [0.5, 0.6) is 0 Å². The van der Waals surface area contributed by atoms with E-state index in [1.54, 1.807) is 31.2 Å². The monoisotopic (exact) mass is 346 g/mol. The summed E-state index contributed by atoms with van der Waals surface area (Å²) >= 11 is 3.15. The van der Waals surface area contributed by atoms with Crippen LogP contribution in [0.3, 0.4) is 0 Å². The largest absolute Gasteiger partial charge is 0.444 e. The number of fused-ring (bicyclic) bond motifs is 1. The maximum absolute atomic E-state index is 12.0. The molecule has 0 aliphatic rings. The number of aromatic amines is 1. The van der Waals surface area contributed by atoms with E-state index in [0.29, 0.717) is 21.4 Å². The van der Waals surface area contributed by atoms with Crippen LogP contribution in [-0.2, 0) is 0 Å². The normalized spacial score (nSPS) is 10.8. The molecule has 3 aromatic rings. The van der Waals surface area contributed by atoms with Crippen LogP contribution in [0, 0.1) is 6.92 Å². The Morgan fingerprint density at radius 2 is 2.05 bits per heavy atom. The maximum Gasteiger partial charge on any atom is 0.291 e. The van der Waals surface area contributed by atoms with E-state index >= 15 is 0 Å². The van der Waals surface area contributed by atoms with Crippen LogP contribution in [0.4, 0.5) is 5.69 Å². The Hall–Kier alpha value is -2.34. The molecule has 0 saturated carbocycles. The molecule has 21 heavy (non-hydrogen) atoms. The van der Waals surface area contributed by atoms with Gasteiger partial charge in [0.15, 0.2) is 10.4 Å². The zero-order valence-electron chi connectivity index (χ0n) is 11.1. The number of nitrogens with one attached hydrogen (secondary N) is 2. The van der Waals surface area contributed by atoms with Gasteiger partial charge in [-0.2, -0.15) is 0 Å². The Morgan fingerprint density at radius 1 is 1.24 bits per heavy atom. The molecule has 0 spiro atoms. The number of carbonyl (C=O) groups is 1. The first-order chi connectivity index (χ1) is 10.0. The molecule has 2 heterocycles. The average molecular weight is 347 g/mol. The number of carbonyl (C=O) groups excluding carboxylic acids is 1. The summed E-state index contributed by atoms with van der Waals surface area (Å²) in [5.74, 6) is -0.145. The van der Waals surface area contributed by atoms with Gasteiger partial charge < -0.3 is 14.7 Å². The SMILES string of the molecule is Cc1cc2ccc(NC(=O)c3ccc(Br)o3)cc2[nH]c1=O. The number of benzene rings is 1. The summed E-state index contributed by atoms with van der Waals surface area (Å²) in [6.45, 7) is 1.75. The van der Waals surface area contributed by atoms with Gasteiger partial charge in [0, 0.05) is 11.3 Å². The molecule has 2 aromatic heterocycles. The number of amides is 1. The highest BCUT2D eigenvalue weighted by Crippen LogP contribution is 2.19. The highest BCUT2D eigenvalue weighted by atomic mass is 79.9. The number of H-pyrrole nitrogens is 1. The summed E-state index contributed by atoms with van der Waals surface area (Å²) in [5.41, 5.74) is 1.77. The highest BCUT2D eigenvalue weighted by molar-refractivity contribution is 9.10. The maximum atomic E-state index is 12.0. The second-order valence-corrected chi connectivity index (χ2v) is 5.42. The summed E-state index contributed by atoms with van der Waals surface area (Å²) in [6.07, 6.45) is 0. The van der Waals surface area contributed by atoms with E-state index in [1.807, 2.05) is 12.1 Å². The second kappa shape index (κ2) is 5.21. The number of pyridine rings is 1. The van der Waals surface area contributed by atoms with Crippen molar-refractivity contribution in [1.29, 1.82) is 0 Å². The van der Waals surface area contributed by atoms with E-state index in [2.05, 4.69) is 26.2 Å². The van der Waals surface area contributed by atoms with Crippen molar-refractivity contribution in [1.82, 2.24) is 4.98 Å². The first kappa shape index (κ1) is 13.6. The number of anilines is 1. The zero-order chi connectivity index (χ0) is 15.0. The van der Waals surface area contributed by atoms with Gasteiger partial charge in [-0.05, 0) is 58.6 Å². The number of aryl methyl sites for hydroxylation is 1. The van der Waals surface area contributed by atoms with Crippen molar-refractivity contribution in [2.75, 3.05) is 5.32 Å². The molecule has 0 unspecified atom stereocenters. The lowest BCUT2D eigenvalue weighted by Gasteiger charge is -2.05. The Kier molecular flexibility index (Phi) is 3.39. The van der Waals surface area contributed by atoms with Crippen molar-refractivity contribution < 1.29 is 9.21 Å². The third kappa shape index (κ3) is 2.75. The first-order valence-corrected chi connectivity index (χ1v) is 7.02. The van der Waals surface area contributed by atoms with E-state index < -0.39 is 0 Å². The lowest BCUT2D eigenvalue weighted by atomic mass is 10.1. The number of rotatable bonds is 2. The van der Waals surface area contributed by atoms with Crippen LogP contribution in [0.15, 0.2) is 50.3 Å². The van der Waals surface area contributed by atoms with E-state index in [9.17, 15) is 9.59 Å². The molecule has 0 aliphatic heterocycles. The molecule has 0 aliphatic carbocycles. The van der Waals surface area contributed by atoms with Crippen molar-refractivity contribution in [2.45, 2.75) is 6.92 Å². The Bertz CT molecular complexity index is 895. The lowest BCUT2D eigenvalue weighted by molar-refractivity contribution is 0.0995. The molecule has 5 nitrogen and oxygen atoms in total. The number of halogens is 1. The minimum absolute atomic E-state index is 0.138. The lowest BCUT2D eigenvalue weighted by Crippen LogP contribution is -2.12. The van der Waals surface area contributed by atoms with Gasteiger partial charge in [-0.15, -0.1) is 0 Å². The van der Waals surface area contributed by atoms with Crippen LogP contribution in [0.25, 0.3) is 10.9 Å². The van der Waals surface area contributed by atoms with Crippen LogP contribution in [-0.4, -0.2) is 10.9 Å². The van der Waals surface area contributed by atoms with Crippen molar-refractivity contribution in [3.8, 4) is 0 Å². The molecular formula is C15H11BrN2O3. The van der Waals surface area contributed by atoms with Gasteiger partial charge in [0.25, 0.3) is 11.5 Å². The third-order valence-electron chi connectivity index (χ3n) is 3.09. The minimum atomic E-state index is -0.352. The van der Waals surface area contributed by atoms with Gasteiger partial charge in [0.2, 0.25) is 0 Å².